The van der Waals surface area contributed by atoms with E-state index in [9.17, 15) is 4.79 Å². The Kier molecular flexibility index (Phi) is 4.74. The minimum atomic E-state index is 0.00950. The first-order valence-corrected chi connectivity index (χ1v) is 6.09. The molecule has 0 aromatic carbocycles. The predicted octanol–water partition coefficient (Wildman–Crippen LogP) is 0.393. The van der Waals surface area contributed by atoms with Gasteiger partial charge in [0.25, 0.3) is 0 Å². The van der Waals surface area contributed by atoms with Crippen LogP contribution in [-0.4, -0.2) is 62.0 Å². The third kappa shape index (κ3) is 2.95. The second kappa shape index (κ2) is 5.64. The summed E-state index contributed by atoms with van der Waals surface area (Å²) in [6, 6.07) is 0.605. The fourth-order valence-electron chi connectivity index (χ4n) is 2.49. The average Bonchev–Trinajstić information content (AvgIpc) is 2.26. The Hall–Kier alpha value is -0.610. The van der Waals surface area contributed by atoms with E-state index >= 15 is 0 Å². The second-order valence-corrected chi connectivity index (χ2v) is 5.06. The summed E-state index contributed by atoms with van der Waals surface area (Å²) in [5.41, 5.74) is 0. The highest BCUT2D eigenvalue weighted by molar-refractivity contribution is 5.80. The summed E-state index contributed by atoms with van der Waals surface area (Å²) in [6.45, 7) is 6.28. The molecule has 0 radical (unpaired) electrons. The van der Waals surface area contributed by atoms with Crippen molar-refractivity contribution in [3.05, 3.63) is 0 Å². The smallest absolute Gasteiger partial charge is 0.239 e. The molecule has 4 heteroatoms. The Bertz CT molecular complexity index is 242. The highest BCUT2D eigenvalue weighted by atomic mass is 16.2. The number of likely N-dealkylation sites (N-methyl/N-ethyl adjacent to an activating group) is 1. The van der Waals surface area contributed by atoms with Crippen LogP contribution in [0.15, 0.2) is 0 Å². The zero-order chi connectivity index (χ0) is 12.3. The van der Waals surface area contributed by atoms with Crippen molar-refractivity contribution < 1.29 is 4.79 Å². The van der Waals surface area contributed by atoms with E-state index in [0.717, 1.165) is 19.5 Å². The number of nitrogens with one attached hydrogen (secondary N) is 1. The first kappa shape index (κ1) is 13.5. The lowest BCUT2D eigenvalue weighted by Crippen LogP contribution is -2.53. The van der Waals surface area contributed by atoms with Gasteiger partial charge in [0, 0.05) is 33.2 Å². The van der Waals surface area contributed by atoms with Gasteiger partial charge in [-0.3, -0.25) is 9.69 Å². The van der Waals surface area contributed by atoms with Crippen molar-refractivity contribution in [2.75, 3.05) is 34.2 Å². The fourth-order valence-corrected chi connectivity index (χ4v) is 2.49. The van der Waals surface area contributed by atoms with Crippen molar-refractivity contribution in [3.8, 4) is 0 Å². The standard InChI is InChI=1S/C12H25N3O/c1-9-8-15(7-6-11(9)13-3)10(2)12(16)14(4)5/h9-11,13H,6-8H2,1-5H3. The number of hydrogen-bond acceptors (Lipinski definition) is 3. The maximum absolute atomic E-state index is 11.9. The molecule has 1 heterocycles. The molecular formula is C12H25N3O. The summed E-state index contributed by atoms with van der Waals surface area (Å²) in [5.74, 6) is 0.811. The molecule has 0 spiro atoms. The van der Waals surface area contributed by atoms with Gasteiger partial charge in [0.15, 0.2) is 0 Å². The molecule has 1 N–H and O–H groups in total. The number of likely N-dealkylation sites (tertiary alicyclic amines) is 1. The summed E-state index contributed by atoms with van der Waals surface area (Å²) in [4.78, 5) is 15.8. The number of nitrogens with zero attached hydrogens (tertiary/aromatic N) is 2. The Labute approximate surface area is 99.0 Å². The van der Waals surface area contributed by atoms with E-state index in [1.54, 1.807) is 4.90 Å². The lowest BCUT2D eigenvalue weighted by Gasteiger charge is -2.39. The zero-order valence-corrected chi connectivity index (χ0v) is 11.2. The van der Waals surface area contributed by atoms with E-state index in [4.69, 9.17) is 0 Å². The number of hydrogen-bond donors (Lipinski definition) is 1. The number of rotatable bonds is 3. The zero-order valence-electron chi connectivity index (χ0n) is 11.2. The molecular weight excluding hydrogens is 202 g/mol. The largest absolute Gasteiger partial charge is 0.347 e. The van der Waals surface area contributed by atoms with E-state index in [2.05, 4.69) is 17.1 Å². The first-order valence-electron chi connectivity index (χ1n) is 6.09. The fraction of sp³-hybridized carbons (Fsp3) is 0.917. The van der Waals surface area contributed by atoms with Crippen LogP contribution < -0.4 is 5.32 Å². The summed E-state index contributed by atoms with van der Waals surface area (Å²) in [6.07, 6.45) is 1.13. The molecule has 94 valence electrons. The summed E-state index contributed by atoms with van der Waals surface area (Å²) in [7, 11) is 5.66. The van der Waals surface area contributed by atoms with Gasteiger partial charge in [-0.25, -0.2) is 0 Å². The Balaban J connectivity index is 2.54. The molecule has 0 aromatic rings. The SMILES string of the molecule is CNC1CCN(C(C)C(=O)N(C)C)CC1C. The molecule has 1 fully saturated rings. The highest BCUT2D eigenvalue weighted by Gasteiger charge is 2.30. The van der Waals surface area contributed by atoms with Crippen LogP contribution >= 0.6 is 0 Å². The Morgan fingerprint density at radius 3 is 2.56 bits per heavy atom. The van der Waals surface area contributed by atoms with Crippen molar-refractivity contribution in [3.63, 3.8) is 0 Å². The van der Waals surface area contributed by atoms with E-state index < -0.39 is 0 Å². The van der Waals surface area contributed by atoms with Gasteiger partial charge in [0.2, 0.25) is 5.91 Å². The van der Waals surface area contributed by atoms with Gasteiger partial charge in [-0.1, -0.05) is 6.92 Å². The normalized spacial score (nSPS) is 28.8. The minimum Gasteiger partial charge on any atom is -0.347 e. The topological polar surface area (TPSA) is 35.6 Å². The van der Waals surface area contributed by atoms with Crippen LogP contribution in [0.4, 0.5) is 0 Å². The number of amides is 1. The third-order valence-corrected chi connectivity index (χ3v) is 3.65. The Morgan fingerprint density at radius 1 is 1.50 bits per heavy atom. The monoisotopic (exact) mass is 227 g/mol. The summed E-state index contributed by atoms with van der Waals surface area (Å²) >= 11 is 0. The average molecular weight is 227 g/mol. The van der Waals surface area contributed by atoms with Crippen molar-refractivity contribution in [1.29, 1.82) is 0 Å². The lowest BCUT2D eigenvalue weighted by atomic mass is 9.93. The molecule has 1 aliphatic rings. The van der Waals surface area contributed by atoms with E-state index in [-0.39, 0.29) is 11.9 Å². The lowest BCUT2D eigenvalue weighted by molar-refractivity contribution is -0.134. The van der Waals surface area contributed by atoms with E-state index in [1.807, 2.05) is 28.1 Å². The minimum absolute atomic E-state index is 0.00950. The quantitative estimate of drug-likeness (QED) is 0.758. The van der Waals surface area contributed by atoms with Gasteiger partial charge < -0.3 is 10.2 Å². The number of carbonyl (C=O) groups excluding carboxylic acids is 1. The highest BCUT2D eigenvalue weighted by Crippen LogP contribution is 2.18. The maximum Gasteiger partial charge on any atom is 0.239 e. The van der Waals surface area contributed by atoms with Gasteiger partial charge in [-0.05, 0) is 26.3 Å². The van der Waals surface area contributed by atoms with Crippen LogP contribution in [0.5, 0.6) is 0 Å². The molecule has 0 aliphatic carbocycles. The van der Waals surface area contributed by atoms with Crippen LogP contribution in [0, 0.1) is 5.92 Å². The first-order chi connectivity index (χ1) is 7.47. The van der Waals surface area contributed by atoms with Gasteiger partial charge >= 0.3 is 0 Å². The molecule has 4 nitrogen and oxygen atoms in total. The van der Waals surface area contributed by atoms with Crippen LogP contribution in [-0.2, 0) is 4.79 Å². The van der Waals surface area contributed by atoms with Crippen LogP contribution in [0.25, 0.3) is 0 Å². The molecule has 1 saturated heterocycles. The number of carbonyl (C=O) groups is 1. The molecule has 0 saturated carbocycles. The molecule has 0 aromatic heterocycles. The molecule has 1 aliphatic heterocycles. The van der Waals surface area contributed by atoms with Crippen molar-refractivity contribution in [2.45, 2.75) is 32.4 Å². The second-order valence-electron chi connectivity index (χ2n) is 5.06. The van der Waals surface area contributed by atoms with E-state index in [0.29, 0.717) is 12.0 Å². The van der Waals surface area contributed by atoms with Crippen LogP contribution in [0.3, 0.4) is 0 Å². The van der Waals surface area contributed by atoms with Crippen molar-refractivity contribution >= 4 is 5.91 Å². The molecule has 3 unspecified atom stereocenters. The molecule has 1 amide bonds. The van der Waals surface area contributed by atoms with Gasteiger partial charge in [0.1, 0.15) is 0 Å². The van der Waals surface area contributed by atoms with Crippen molar-refractivity contribution in [1.82, 2.24) is 15.1 Å². The van der Waals surface area contributed by atoms with Crippen LogP contribution in [0.1, 0.15) is 20.3 Å². The molecule has 1 rings (SSSR count). The van der Waals surface area contributed by atoms with Gasteiger partial charge in [-0.15, -0.1) is 0 Å². The summed E-state index contributed by atoms with van der Waals surface area (Å²) < 4.78 is 0. The third-order valence-electron chi connectivity index (χ3n) is 3.65. The summed E-state index contributed by atoms with van der Waals surface area (Å²) in [5, 5.41) is 3.34. The number of piperidine rings is 1. The van der Waals surface area contributed by atoms with Gasteiger partial charge in [0.05, 0.1) is 6.04 Å². The van der Waals surface area contributed by atoms with Crippen LogP contribution in [0.2, 0.25) is 0 Å². The maximum atomic E-state index is 11.9. The molecule has 0 bridgehead atoms. The molecule has 16 heavy (non-hydrogen) atoms. The van der Waals surface area contributed by atoms with Crippen molar-refractivity contribution in [2.24, 2.45) is 5.92 Å². The van der Waals surface area contributed by atoms with Gasteiger partial charge in [-0.2, -0.15) is 0 Å². The Morgan fingerprint density at radius 2 is 2.12 bits per heavy atom. The van der Waals surface area contributed by atoms with E-state index in [1.165, 1.54) is 0 Å². The molecule has 3 atom stereocenters. The predicted molar refractivity (Wildman–Crippen MR) is 66.4 cm³/mol.